The molecule has 0 aliphatic rings. The van der Waals surface area contributed by atoms with Gasteiger partial charge in [0.2, 0.25) is 0 Å². The Kier molecular flexibility index (Phi) is 8.11. The van der Waals surface area contributed by atoms with E-state index in [1.54, 1.807) is 0 Å². The van der Waals surface area contributed by atoms with E-state index in [0.717, 1.165) is 30.0 Å². The van der Waals surface area contributed by atoms with Gasteiger partial charge < -0.3 is 10.5 Å². The van der Waals surface area contributed by atoms with Crippen molar-refractivity contribution >= 4 is 5.69 Å². The molecule has 0 fully saturated rings. The number of anilines is 1. The van der Waals surface area contributed by atoms with Crippen LogP contribution in [0.5, 0.6) is 5.75 Å². The van der Waals surface area contributed by atoms with Crippen LogP contribution in [0.3, 0.4) is 0 Å². The van der Waals surface area contributed by atoms with E-state index >= 15 is 0 Å². The van der Waals surface area contributed by atoms with Crippen LogP contribution in [0.2, 0.25) is 0 Å². The summed E-state index contributed by atoms with van der Waals surface area (Å²) < 4.78 is 5.78. The highest BCUT2D eigenvalue weighted by Crippen LogP contribution is 2.23. The zero-order valence-corrected chi connectivity index (χ0v) is 12.6. The molecule has 0 saturated carbocycles. The van der Waals surface area contributed by atoms with E-state index < -0.39 is 0 Å². The first kappa shape index (κ1) is 15.9. The monoisotopic (exact) mass is 263 g/mol. The molecule has 108 valence electrons. The van der Waals surface area contributed by atoms with Crippen LogP contribution in [0, 0.1) is 6.92 Å². The first-order chi connectivity index (χ1) is 9.25. The molecular formula is C17H29NO. The highest BCUT2D eigenvalue weighted by molar-refractivity contribution is 5.53. The van der Waals surface area contributed by atoms with Crippen molar-refractivity contribution < 1.29 is 4.74 Å². The van der Waals surface area contributed by atoms with E-state index in [-0.39, 0.29) is 0 Å². The van der Waals surface area contributed by atoms with Crippen molar-refractivity contribution in [3.05, 3.63) is 23.8 Å². The second kappa shape index (κ2) is 9.71. The molecule has 0 saturated heterocycles. The summed E-state index contributed by atoms with van der Waals surface area (Å²) in [5.74, 6) is 0.933. The third-order valence-corrected chi connectivity index (χ3v) is 3.58. The maximum Gasteiger partial charge on any atom is 0.124 e. The number of rotatable bonds is 10. The fourth-order valence-electron chi connectivity index (χ4n) is 2.21. The minimum absolute atomic E-state index is 0.805. The van der Waals surface area contributed by atoms with Gasteiger partial charge in [-0.3, -0.25) is 0 Å². The second-order valence-corrected chi connectivity index (χ2v) is 5.29. The molecule has 0 aliphatic heterocycles. The fourth-order valence-corrected chi connectivity index (χ4v) is 2.21. The van der Waals surface area contributed by atoms with Crippen molar-refractivity contribution in [1.82, 2.24) is 0 Å². The van der Waals surface area contributed by atoms with Gasteiger partial charge in [-0.25, -0.2) is 0 Å². The summed E-state index contributed by atoms with van der Waals surface area (Å²) in [6.45, 7) is 5.08. The minimum Gasteiger partial charge on any atom is -0.493 e. The minimum atomic E-state index is 0.805. The lowest BCUT2D eigenvalue weighted by atomic mass is 10.1. The molecule has 2 heteroatoms. The molecule has 1 aromatic rings. The zero-order valence-electron chi connectivity index (χ0n) is 12.6. The Morgan fingerprint density at radius 3 is 2.26 bits per heavy atom. The van der Waals surface area contributed by atoms with E-state index in [2.05, 4.69) is 6.92 Å². The number of hydrogen-bond acceptors (Lipinski definition) is 2. The largest absolute Gasteiger partial charge is 0.493 e. The molecule has 0 aromatic heterocycles. The second-order valence-electron chi connectivity index (χ2n) is 5.29. The first-order valence-electron chi connectivity index (χ1n) is 7.73. The van der Waals surface area contributed by atoms with Crippen LogP contribution >= 0.6 is 0 Å². The fraction of sp³-hybridized carbons (Fsp3) is 0.647. The molecule has 0 unspecified atom stereocenters. The van der Waals surface area contributed by atoms with Crippen LogP contribution in [-0.2, 0) is 0 Å². The standard InChI is InChI=1S/C17H29NO/c1-3-4-5-6-7-8-9-10-14-19-17-13-11-12-16(18)15(17)2/h11-13H,3-10,14,18H2,1-2H3. The molecular weight excluding hydrogens is 234 g/mol. The summed E-state index contributed by atoms with van der Waals surface area (Å²) in [5, 5.41) is 0. The van der Waals surface area contributed by atoms with Gasteiger partial charge in [0.15, 0.2) is 0 Å². The number of ether oxygens (including phenoxy) is 1. The van der Waals surface area contributed by atoms with Gasteiger partial charge in [-0.1, -0.05) is 57.9 Å². The van der Waals surface area contributed by atoms with Crippen molar-refractivity contribution in [2.45, 2.75) is 65.2 Å². The van der Waals surface area contributed by atoms with Crippen molar-refractivity contribution in [2.75, 3.05) is 12.3 Å². The number of benzene rings is 1. The van der Waals surface area contributed by atoms with Gasteiger partial charge >= 0.3 is 0 Å². The van der Waals surface area contributed by atoms with E-state index in [1.165, 1.54) is 44.9 Å². The van der Waals surface area contributed by atoms with Crippen molar-refractivity contribution in [1.29, 1.82) is 0 Å². The molecule has 0 atom stereocenters. The topological polar surface area (TPSA) is 35.2 Å². The molecule has 19 heavy (non-hydrogen) atoms. The zero-order chi connectivity index (χ0) is 13.9. The Hall–Kier alpha value is -1.18. The lowest BCUT2D eigenvalue weighted by Crippen LogP contribution is -2.00. The van der Waals surface area contributed by atoms with E-state index in [0.29, 0.717) is 0 Å². The Morgan fingerprint density at radius 1 is 0.947 bits per heavy atom. The van der Waals surface area contributed by atoms with Gasteiger partial charge in [0.05, 0.1) is 6.61 Å². The van der Waals surface area contributed by atoms with Gasteiger partial charge in [-0.15, -0.1) is 0 Å². The van der Waals surface area contributed by atoms with Gasteiger partial charge in [0.1, 0.15) is 5.75 Å². The number of unbranched alkanes of at least 4 members (excludes halogenated alkanes) is 7. The quantitative estimate of drug-likeness (QED) is 0.471. The van der Waals surface area contributed by atoms with E-state index in [9.17, 15) is 0 Å². The third kappa shape index (κ3) is 6.51. The molecule has 0 amide bonds. The van der Waals surface area contributed by atoms with Crippen molar-refractivity contribution in [2.24, 2.45) is 0 Å². The van der Waals surface area contributed by atoms with Crippen LogP contribution in [0.15, 0.2) is 18.2 Å². The lowest BCUT2D eigenvalue weighted by molar-refractivity contribution is 0.302. The Bertz CT molecular complexity index is 349. The average molecular weight is 263 g/mol. The Labute approximate surface area is 118 Å². The lowest BCUT2D eigenvalue weighted by Gasteiger charge is -2.10. The van der Waals surface area contributed by atoms with Crippen LogP contribution in [0.1, 0.15) is 63.9 Å². The molecule has 1 aromatic carbocycles. The summed E-state index contributed by atoms with van der Waals surface area (Å²) in [6.07, 6.45) is 10.6. The van der Waals surface area contributed by atoms with E-state index in [4.69, 9.17) is 10.5 Å². The van der Waals surface area contributed by atoms with Gasteiger partial charge in [0.25, 0.3) is 0 Å². The third-order valence-electron chi connectivity index (χ3n) is 3.58. The maximum atomic E-state index is 5.85. The van der Waals surface area contributed by atoms with Gasteiger partial charge in [0, 0.05) is 11.3 Å². The molecule has 0 radical (unpaired) electrons. The molecule has 1 rings (SSSR count). The Balaban J connectivity index is 2.03. The summed E-state index contributed by atoms with van der Waals surface area (Å²) >= 11 is 0. The van der Waals surface area contributed by atoms with Crippen molar-refractivity contribution in [3.8, 4) is 5.75 Å². The summed E-state index contributed by atoms with van der Waals surface area (Å²) in [4.78, 5) is 0. The van der Waals surface area contributed by atoms with Crippen LogP contribution in [0.4, 0.5) is 5.69 Å². The highest BCUT2D eigenvalue weighted by Gasteiger charge is 2.01. The molecule has 2 nitrogen and oxygen atoms in total. The highest BCUT2D eigenvalue weighted by atomic mass is 16.5. The SMILES string of the molecule is CCCCCCCCCCOc1cccc(N)c1C. The van der Waals surface area contributed by atoms with Crippen LogP contribution < -0.4 is 10.5 Å². The first-order valence-corrected chi connectivity index (χ1v) is 7.73. The predicted octanol–water partition coefficient (Wildman–Crippen LogP) is 5.10. The summed E-state index contributed by atoms with van der Waals surface area (Å²) in [5.41, 5.74) is 7.72. The van der Waals surface area contributed by atoms with E-state index in [1.807, 2.05) is 25.1 Å². The Morgan fingerprint density at radius 2 is 1.58 bits per heavy atom. The molecule has 2 N–H and O–H groups in total. The molecule has 0 spiro atoms. The summed E-state index contributed by atoms with van der Waals surface area (Å²) in [7, 11) is 0. The number of nitrogens with two attached hydrogens (primary N) is 1. The molecule has 0 bridgehead atoms. The van der Waals surface area contributed by atoms with Crippen molar-refractivity contribution in [3.63, 3.8) is 0 Å². The van der Waals surface area contributed by atoms with Gasteiger partial charge in [-0.2, -0.15) is 0 Å². The molecule has 0 aliphatic carbocycles. The summed E-state index contributed by atoms with van der Waals surface area (Å²) in [6, 6.07) is 5.86. The smallest absolute Gasteiger partial charge is 0.124 e. The van der Waals surface area contributed by atoms with Crippen LogP contribution in [-0.4, -0.2) is 6.61 Å². The maximum absolute atomic E-state index is 5.85. The average Bonchev–Trinajstić information content (AvgIpc) is 2.41. The number of nitrogen functional groups attached to an aromatic ring is 1. The van der Waals surface area contributed by atoms with Gasteiger partial charge in [-0.05, 0) is 25.5 Å². The number of hydrogen-bond donors (Lipinski definition) is 1. The normalized spacial score (nSPS) is 10.6. The molecule has 0 heterocycles. The van der Waals surface area contributed by atoms with Crippen LogP contribution in [0.25, 0.3) is 0 Å². The predicted molar refractivity (Wildman–Crippen MR) is 83.7 cm³/mol.